The monoisotopic (exact) mass is 357 g/mol. The van der Waals surface area contributed by atoms with E-state index in [-0.39, 0.29) is 5.57 Å². The molecule has 4 nitrogen and oxygen atoms in total. The molecule has 2 N–H and O–H groups in total. The van der Waals surface area contributed by atoms with Crippen molar-refractivity contribution in [2.45, 2.75) is 6.92 Å². The minimum atomic E-state index is -0.483. The van der Waals surface area contributed by atoms with E-state index in [4.69, 9.17) is 11.6 Å². The molecule has 0 aliphatic carbocycles. The highest BCUT2D eigenvalue weighted by atomic mass is 35.5. The molecule has 0 aliphatic rings. The molecule has 0 saturated carbocycles. The van der Waals surface area contributed by atoms with Gasteiger partial charge in [0.2, 0.25) is 0 Å². The van der Waals surface area contributed by atoms with Gasteiger partial charge in [-0.1, -0.05) is 35.4 Å². The third-order valence-corrected chi connectivity index (χ3v) is 4.11. The maximum atomic E-state index is 12.4. The second kappa shape index (κ2) is 8.44. The molecule has 2 rings (SSSR count). The van der Waals surface area contributed by atoms with E-state index < -0.39 is 5.91 Å². The highest BCUT2D eigenvalue weighted by Crippen LogP contribution is 2.22. The summed E-state index contributed by atoms with van der Waals surface area (Å²) in [5.41, 5.74) is 2.50. The van der Waals surface area contributed by atoms with Crippen LogP contribution in [0.1, 0.15) is 5.56 Å². The molecule has 0 aromatic heterocycles. The van der Waals surface area contributed by atoms with Crippen molar-refractivity contribution in [1.82, 2.24) is 0 Å². The van der Waals surface area contributed by atoms with E-state index in [1.165, 1.54) is 11.8 Å². The summed E-state index contributed by atoms with van der Waals surface area (Å²) in [6, 6.07) is 16.5. The molecule has 0 spiro atoms. The molecule has 2 aromatic carbocycles. The van der Waals surface area contributed by atoms with Crippen LogP contribution in [-0.4, -0.2) is 12.2 Å². The van der Waals surface area contributed by atoms with Gasteiger partial charge in [-0.05, 0) is 43.5 Å². The fraction of sp³-hybridized carbons (Fsp3) is 0.111. The average Bonchev–Trinajstić information content (AvgIpc) is 2.56. The molecule has 0 radical (unpaired) electrons. The number of hydrogen-bond acceptors (Lipinski definition) is 4. The van der Waals surface area contributed by atoms with Crippen molar-refractivity contribution < 1.29 is 4.79 Å². The highest BCUT2D eigenvalue weighted by molar-refractivity contribution is 8.02. The number of rotatable bonds is 5. The van der Waals surface area contributed by atoms with Crippen molar-refractivity contribution >= 4 is 40.6 Å². The number of benzene rings is 2. The Morgan fingerprint density at radius 3 is 2.42 bits per heavy atom. The maximum Gasteiger partial charge on any atom is 0.269 e. The average molecular weight is 358 g/mol. The zero-order chi connectivity index (χ0) is 17.5. The summed E-state index contributed by atoms with van der Waals surface area (Å²) in [4.78, 5) is 12.4. The number of aryl methyl sites for hydroxylation is 1. The van der Waals surface area contributed by atoms with Crippen LogP contribution in [0.4, 0.5) is 11.4 Å². The number of nitrogens with one attached hydrogen (secondary N) is 2. The van der Waals surface area contributed by atoms with Gasteiger partial charge in [0.15, 0.2) is 0 Å². The Balaban J connectivity index is 2.24. The van der Waals surface area contributed by atoms with Gasteiger partial charge < -0.3 is 10.6 Å². The molecule has 0 atom stereocenters. The van der Waals surface area contributed by atoms with Crippen LogP contribution in [0.15, 0.2) is 59.1 Å². The highest BCUT2D eigenvalue weighted by Gasteiger charge is 2.16. The molecule has 0 unspecified atom stereocenters. The molecule has 0 fully saturated rings. The van der Waals surface area contributed by atoms with Crippen LogP contribution in [0.25, 0.3) is 0 Å². The Labute approximate surface area is 150 Å². The lowest BCUT2D eigenvalue weighted by Gasteiger charge is -2.12. The van der Waals surface area contributed by atoms with Crippen molar-refractivity contribution in [2.24, 2.45) is 0 Å². The molecule has 1 amide bonds. The Morgan fingerprint density at radius 2 is 1.83 bits per heavy atom. The summed E-state index contributed by atoms with van der Waals surface area (Å²) in [5.74, 6) is -0.483. The summed E-state index contributed by atoms with van der Waals surface area (Å²) in [5, 5.41) is 16.2. The fourth-order valence-electron chi connectivity index (χ4n) is 1.95. The van der Waals surface area contributed by atoms with Crippen LogP contribution < -0.4 is 10.6 Å². The normalized spacial score (nSPS) is 11.2. The van der Waals surface area contributed by atoms with E-state index in [1.807, 2.05) is 37.3 Å². The van der Waals surface area contributed by atoms with Crippen LogP contribution in [0, 0.1) is 18.3 Å². The first-order valence-electron chi connectivity index (χ1n) is 7.12. The molecule has 2 aromatic rings. The molecule has 0 aliphatic heterocycles. The van der Waals surface area contributed by atoms with Gasteiger partial charge in [0.05, 0.1) is 5.03 Å². The lowest BCUT2D eigenvalue weighted by Crippen LogP contribution is -2.16. The van der Waals surface area contributed by atoms with Crippen LogP contribution in [0.5, 0.6) is 0 Å². The van der Waals surface area contributed by atoms with Gasteiger partial charge in [0, 0.05) is 16.4 Å². The Kier molecular flexibility index (Phi) is 6.30. The Bertz CT molecular complexity index is 810. The van der Waals surface area contributed by atoms with E-state index in [2.05, 4.69) is 10.6 Å². The van der Waals surface area contributed by atoms with Gasteiger partial charge >= 0.3 is 0 Å². The summed E-state index contributed by atoms with van der Waals surface area (Å²) in [6.45, 7) is 1.99. The molecule has 122 valence electrons. The number of carbonyl (C=O) groups excluding carboxylic acids is 1. The van der Waals surface area contributed by atoms with Crippen LogP contribution in [0.3, 0.4) is 0 Å². The van der Waals surface area contributed by atoms with Gasteiger partial charge in [-0.3, -0.25) is 4.79 Å². The maximum absolute atomic E-state index is 12.4. The number of carbonyl (C=O) groups is 1. The van der Waals surface area contributed by atoms with Crippen molar-refractivity contribution in [3.05, 3.63) is 69.7 Å². The number of halogens is 1. The number of nitrogens with zero attached hydrogens (tertiary/aromatic N) is 1. The molecular weight excluding hydrogens is 342 g/mol. The van der Waals surface area contributed by atoms with Crippen LogP contribution >= 0.6 is 23.4 Å². The second-order valence-corrected chi connectivity index (χ2v) is 6.23. The summed E-state index contributed by atoms with van der Waals surface area (Å²) in [7, 11) is 0. The smallest absolute Gasteiger partial charge is 0.269 e. The molecule has 0 saturated heterocycles. The third kappa shape index (κ3) is 4.79. The standard InChI is InChI=1S/C18H16ClN3OS/c1-12-6-8-14(9-7-12)22-18(24-2)16(11-20)17(23)21-15-5-3-4-13(19)10-15/h3-10,22H,1-2H3,(H,21,23). The van der Waals surface area contributed by atoms with Crippen molar-refractivity contribution in [3.8, 4) is 6.07 Å². The van der Waals surface area contributed by atoms with E-state index in [0.29, 0.717) is 15.7 Å². The van der Waals surface area contributed by atoms with Gasteiger partial charge in [-0.2, -0.15) is 5.26 Å². The number of amides is 1. The summed E-state index contributed by atoms with van der Waals surface area (Å²) >= 11 is 7.21. The van der Waals surface area contributed by atoms with Crippen LogP contribution in [0.2, 0.25) is 5.02 Å². The van der Waals surface area contributed by atoms with Crippen molar-refractivity contribution in [3.63, 3.8) is 0 Å². The SMILES string of the molecule is CSC(Nc1ccc(C)cc1)=C(C#N)C(=O)Nc1cccc(Cl)c1. The molecular formula is C18H16ClN3OS. The first kappa shape index (κ1) is 17.9. The molecule has 6 heteroatoms. The first-order chi connectivity index (χ1) is 11.5. The van der Waals surface area contributed by atoms with Gasteiger partial charge in [0.1, 0.15) is 11.6 Å². The predicted molar refractivity (Wildman–Crippen MR) is 101 cm³/mol. The summed E-state index contributed by atoms with van der Waals surface area (Å²) < 4.78 is 0. The van der Waals surface area contributed by atoms with E-state index in [1.54, 1.807) is 30.5 Å². The lowest BCUT2D eigenvalue weighted by atomic mass is 10.2. The van der Waals surface area contributed by atoms with Gasteiger partial charge in [-0.25, -0.2) is 0 Å². The molecule has 0 bridgehead atoms. The Morgan fingerprint density at radius 1 is 1.12 bits per heavy atom. The number of hydrogen-bond donors (Lipinski definition) is 2. The van der Waals surface area contributed by atoms with Crippen molar-refractivity contribution in [2.75, 3.05) is 16.9 Å². The zero-order valence-corrected chi connectivity index (χ0v) is 14.8. The number of nitriles is 1. The summed E-state index contributed by atoms with van der Waals surface area (Å²) in [6.07, 6.45) is 1.81. The minimum Gasteiger partial charge on any atom is -0.349 e. The quantitative estimate of drug-likeness (QED) is 0.596. The van der Waals surface area contributed by atoms with Gasteiger partial charge in [0.25, 0.3) is 5.91 Å². The minimum absolute atomic E-state index is 0.0167. The van der Waals surface area contributed by atoms with E-state index in [9.17, 15) is 10.1 Å². The zero-order valence-electron chi connectivity index (χ0n) is 13.3. The third-order valence-electron chi connectivity index (χ3n) is 3.16. The Hall–Kier alpha value is -2.42. The number of anilines is 2. The van der Waals surface area contributed by atoms with Gasteiger partial charge in [-0.15, -0.1) is 11.8 Å². The van der Waals surface area contributed by atoms with E-state index in [0.717, 1.165) is 11.3 Å². The second-order valence-electron chi connectivity index (χ2n) is 4.98. The van der Waals surface area contributed by atoms with Crippen LogP contribution in [-0.2, 0) is 4.79 Å². The molecule has 0 heterocycles. The largest absolute Gasteiger partial charge is 0.349 e. The lowest BCUT2D eigenvalue weighted by molar-refractivity contribution is -0.112. The topological polar surface area (TPSA) is 64.9 Å². The van der Waals surface area contributed by atoms with E-state index >= 15 is 0 Å². The fourth-order valence-corrected chi connectivity index (χ4v) is 2.70. The number of thioether (sulfide) groups is 1. The first-order valence-corrected chi connectivity index (χ1v) is 8.72. The van der Waals surface area contributed by atoms with Crippen molar-refractivity contribution in [1.29, 1.82) is 5.26 Å². The molecule has 24 heavy (non-hydrogen) atoms. The predicted octanol–water partition coefficient (Wildman–Crippen LogP) is 4.80.